The highest BCUT2D eigenvalue weighted by atomic mass is 16.5. The van der Waals surface area contributed by atoms with Gasteiger partial charge in [-0.15, -0.1) is 0 Å². The van der Waals surface area contributed by atoms with Crippen LogP contribution in [0.1, 0.15) is 65.0 Å². The van der Waals surface area contributed by atoms with E-state index in [2.05, 4.69) is 52.0 Å². The molecule has 1 aliphatic heterocycles. The largest absolute Gasteiger partial charge is 0.497 e. The van der Waals surface area contributed by atoms with E-state index in [-0.39, 0.29) is 40.4 Å². The van der Waals surface area contributed by atoms with Gasteiger partial charge in [0.2, 0.25) is 0 Å². The maximum absolute atomic E-state index is 14.9. The highest BCUT2D eigenvalue weighted by molar-refractivity contribution is 6.23. The third-order valence-corrected chi connectivity index (χ3v) is 10.1. The molecule has 2 aliphatic carbocycles. The summed E-state index contributed by atoms with van der Waals surface area (Å²) in [6.45, 7) is 11.2. The van der Waals surface area contributed by atoms with E-state index >= 15 is 0 Å². The van der Waals surface area contributed by atoms with Crippen molar-refractivity contribution < 1.29 is 19.1 Å². The molecule has 1 saturated carbocycles. The van der Waals surface area contributed by atoms with Crippen molar-refractivity contribution in [2.45, 2.75) is 60.4 Å². The van der Waals surface area contributed by atoms with Crippen LogP contribution in [-0.2, 0) is 16.1 Å². The quantitative estimate of drug-likeness (QED) is 0.163. The van der Waals surface area contributed by atoms with Crippen molar-refractivity contribution in [3.63, 3.8) is 0 Å². The van der Waals surface area contributed by atoms with E-state index in [9.17, 15) is 9.59 Å². The van der Waals surface area contributed by atoms with Crippen LogP contribution in [0.2, 0.25) is 0 Å². The number of ether oxygens (including phenoxy) is 2. The topological polar surface area (TPSA) is 55.8 Å². The minimum absolute atomic E-state index is 0.0381. The summed E-state index contributed by atoms with van der Waals surface area (Å²) in [6.07, 6.45) is 15.9. The Labute approximate surface area is 269 Å². The van der Waals surface area contributed by atoms with E-state index in [1.165, 1.54) is 5.57 Å². The normalized spacial score (nSPS) is 27.8. The average molecular weight is 606 g/mol. The number of hydrogen-bond acceptors (Lipinski definition) is 4. The van der Waals surface area contributed by atoms with Crippen LogP contribution in [0, 0.1) is 29.1 Å². The number of rotatable bonds is 9. The summed E-state index contributed by atoms with van der Waals surface area (Å²) in [5, 5.41) is 0. The smallest absolute Gasteiger partial charge is 0.262 e. The van der Waals surface area contributed by atoms with Gasteiger partial charge in [0.05, 0.1) is 26.3 Å². The standard InChI is InChI=1S/C40H47NO4/c1-8-26(2)21-28(4)34-19-20-40(5)24-27(3)9-18-36(40)37(34)38(42)35-23-31(22-29-10-14-32(44-6)15-11-29)41(39(35)43)25-30-12-16-33(45-7)17-13-30/h8,10-17,19-23,27,34,36-37H,9,18,24-25H2,1-7H3/b26-8+,28-21+,31-22+/t27-,34+,36+,37-,40-/m0/s1. The highest BCUT2D eigenvalue weighted by Gasteiger charge is 2.51. The number of nitrogens with zero attached hydrogens (tertiary/aromatic N) is 1. The Kier molecular flexibility index (Phi) is 9.67. The summed E-state index contributed by atoms with van der Waals surface area (Å²) in [7, 11) is 3.28. The lowest BCUT2D eigenvalue weighted by molar-refractivity contribution is -0.131. The van der Waals surface area contributed by atoms with E-state index in [1.807, 2.05) is 67.6 Å². The van der Waals surface area contributed by atoms with Crippen LogP contribution in [-0.4, -0.2) is 30.8 Å². The first kappa shape index (κ1) is 32.3. The molecule has 0 aromatic heterocycles. The van der Waals surface area contributed by atoms with Crippen molar-refractivity contribution in [2.24, 2.45) is 29.1 Å². The Morgan fingerprint density at radius 3 is 2.27 bits per heavy atom. The molecule has 45 heavy (non-hydrogen) atoms. The predicted octanol–water partition coefficient (Wildman–Crippen LogP) is 8.74. The van der Waals surface area contributed by atoms with Crippen LogP contribution in [0.3, 0.4) is 0 Å². The average Bonchev–Trinajstić information content (AvgIpc) is 3.34. The van der Waals surface area contributed by atoms with Gasteiger partial charge in [0, 0.05) is 17.5 Å². The minimum atomic E-state index is -0.299. The molecule has 0 bridgehead atoms. The number of carbonyl (C=O) groups is 2. The Hall–Kier alpha value is -4.12. The maximum Gasteiger partial charge on any atom is 0.262 e. The number of amides is 1. The Balaban J connectivity index is 1.56. The number of benzene rings is 2. The molecule has 5 heteroatoms. The zero-order valence-electron chi connectivity index (χ0n) is 27.8. The fraction of sp³-hybridized carbons (Fsp3) is 0.400. The molecule has 5 rings (SSSR count). The van der Waals surface area contributed by atoms with E-state index in [0.29, 0.717) is 18.2 Å². The fourth-order valence-electron chi connectivity index (χ4n) is 7.57. The van der Waals surface area contributed by atoms with Gasteiger partial charge in [-0.05, 0) is 98.4 Å². The van der Waals surface area contributed by atoms with Crippen LogP contribution in [0.15, 0.2) is 101 Å². The molecule has 1 heterocycles. The van der Waals surface area contributed by atoms with Crippen molar-refractivity contribution in [3.8, 4) is 11.5 Å². The molecule has 5 atom stereocenters. The summed E-state index contributed by atoms with van der Waals surface area (Å²) >= 11 is 0. The molecule has 1 amide bonds. The van der Waals surface area contributed by atoms with Gasteiger partial charge in [-0.1, -0.05) is 80.0 Å². The minimum Gasteiger partial charge on any atom is -0.497 e. The predicted molar refractivity (Wildman–Crippen MR) is 182 cm³/mol. The molecular formula is C40H47NO4. The SMILES string of the molecule is C/C=C(C)/C=C(\C)[C@H]1C=C[C@@]2(C)C[C@@H](C)CC[C@@H]2[C@H]1C(=O)C1=C/C(=C\c2ccc(OC)cc2)N(Cc2ccc(OC)cc2)C1=O. The molecule has 236 valence electrons. The lowest BCUT2D eigenvalue weighted by Crippen LogP contribution is -2.46. The third-order valence-electron chi connectivity index (χ3n) is 10.1. The van der Waals surface area contributed by atoms with E-state index in [4.69, 9.17) is 9.47 Å². The molecule has 0 spiro atoms. The third kappa shape index (κ3) is 6.78. The van der Waals surface area contributed by atoms with E-state index < -0.39 is 0 Å². The molecule has 0 radical (unpaired) electrons. The van der Waals surface area contributed by atoms with Gasteiger partial charge in [-0.2, -0.15) is 0 Å². The number of Topliss-reactive ketones (excluding diaryl/α,β-unsaturated/α-hetero) is 1. The van der Waals surface area contributed by atoms with Crippen molar-refractivity contribution in [1.82, 2.24) is 4.90 Å². The van der Waals surface area contributed by atoms with Crippen molar-refractivity contribution in [1.29, 1.82) is 0 Å². The van der Waals surface area contributed by atoms with E-state index in [1.54, 1.807) is 19.1 Å². The number of carbonyl (C=O) groups excluding carboxylic acids is 2. The highest BCUT2D eigenvalue weighted by Crippen LogP contribution is 2.54. The van der Waals surface area contributed by atoms with Crippen LogP contribution in [0.4, 0.5) is 0 Å². The van der Waals surface area contributed by atoms with Crippen molar-refractivity contribution in [3.05, 3.63) is 112 Å². The van der Waals surface area contributed by atoms with Gasteiger partial charge in [0.15, 0.2) is 5.78 Å². The summed E-state index contributed by atoms with van der Waals surface area (Å²) in [6, 6.07) is 15.4. The zero-order chi connectivity index (χ0) is 32.3. The molecule has 5 nitrogen and oxygen atoms in total. The van der Waals surface area contributed by atoms with Gasteiger partial charge in [-0.25, -0.2) is 0 Å². The van der Waals surface area contributed by atoms with Crippen LogP contribution in [0.5, 0.6) is 11.5 Å². The monoisotopic (exact) mass is 605 g/mol. The lowest BCUT2D eigenvalue weighted by Gasteiger charge is -2.50. The molecule has 0 unspecified atom stereocenters. The first-order valence-corrected chi connectivity index (χ1v) is 16.1. The van der Waals surface area contributed by atoms with Gasteiger partial charge in [0.1, 0.15) is 11.5 Å². The molecule has 2 aromatic carbocycles. The second-order valence-corrected chi connectivity index (χ2v) is 13.3. The van der Waals surface area contributed by atoms with E-state index in [0.717, 1.165) is 47.5 Å². The van der Waals surface area contributed by atoms with Gasteiger partial charge in [0.25, 0.3) is 5.91 Å². The molecule has 3 aliphatic rings. The molecule has 1 fully saturated rings. The number of hydrogen-bond donors (Lipinski definition) is 0. The van der Waals surface area contributed by atoms with Gasteiger partial charge < -0.3 is 14.4 Å². The number of allylic oxidation sites excluding steroid dienone is 7. The van der Waals surface area contributed by atoms with Crippen LogP contribution >= 0.6 is 0 Å². The first-order chi connectivity index (χ1) is 21.6. The van der Waals surface area contributed by atoms with Gasteiger partial charge in [-0.3, -0.25) is 9.59 Å². The summed E-state index contributed by atoms with van der Waals surface area (Å²) in [4.78, 5) is 30.9. The number of methoxy groups -OCH3 is 2. The van der Waals surface area contributed by atoms with Gasteiger partial charge >= 0.3 is 0 Å². The van der Waals surface area contributed by atoms with Crippen molar-refractivity contribution >= 4 is 17.8 Å². The van der Waals surface area contributed by atoms with Crippen LogP contribution < -0.4 is 9.47 Å². The summed E-state index contributed by atoms with van der Waals surface area (Å²) in [5.74, 6) is 1.67. The lowest BCUT2D eigenvalue weighted by atomic mass is 9.53. The Bertz CT molecular complexity index is 1570. The molecule has 0 saturated heterocycles. The molecule has 0 N–H and O–H groups in total. The van der Waals surface area contributed by atoms with Crippen molar-refractivity contribution in [2.75, 3.05) is 14.2 Å². The first-order valence-electron chi connectivity index (χ1n) is 16.1. The summed E-state index contributed by atoms with van der Waals surface area (Å²) < 4.78 is 10.7. The van der Waals surface area contributed by atoms with Crippen LogP contribution in [0.25, 0.3) is 6.08 Å². The Morgan fingerprint density at radius 2 is 1.64 bits per heavy atom. The zero-order valence-corrected chi connectivity index (χ0v) is 27.8. The number of fused-ring (bicyclic) bond motifs is 1. The molecular weight excluding hydrogens is 558 g/mol. The summed E-state index contributed by atoms with van der Waals surface area (Å²) in [5.41, 5.74) is 5.14. The maximum atomic E-state index is 14.9. The Morgan fingerprint density at radius 1 is 1.00 bits per heavy atom. The second kappa shape index (κ2) is 13.5. The molecule has 2 aromatic rings. The number of ketones is 1. The fourth-order valence-corrected chi connectivity index (χ4v) is 7.57. The second-order valence-electron chi connectivity index (χ2n) is 13.3.